The minimum absolute atomic E-state index is 0. The van der Waals surface area contributed by atoms with E-state index in [2.05, 4.69) is 18.9 Å². The average Bonchev–Trinajstić information content (AvgIpc) is 2.55. The molecule has 1 aliphatic heterocycles. The fraction of sp³-hybridized carbons (Fsp3) is 0.632. The summed E-state index contributed by atoms with van der Waals surface area (Å²) in [7, 11) is 2.22. The largest absolute Gasteiger partial charge is 0.399 e. The smallest absolute Gasteiger partial charge is 0.226 e. The van der Waals surface area contributed by atoms with Crippen molar-refractivity contribution in [3.8, 4) is 0 Å². The number of likely N-dealkylation sites (tertiary alicyclic amines) is 1. The average molecular weight is 390 g/mol. The summed E-state index contributed by atoms with van der Waals surface area (Å²) < 4.78 is 0. The number of hydrogen-bond acceptors (Lipinski definition) is 3. The van der Waals surface area contributed by atoms with E-state index in [4.69, 9.17) is 5.73 Å². The first-order chi connectivity index (χ1) is 11.1. The van der Waals surface area contributed by atoms with E-state index in [-0.39, 0.29) is 30.7 Å². The number of piperidine rings is 1. The maximum atomic E-state index is 12.4. The molecule has 0 aliphatic carbocycles. The van der Waals surface area contributed by atoms with Crippen molar-refractivity contribution in [1.82, 2.24) is 9.80 Å². The van der Waals surface area contributed by atoms with Crippen molar-refractivity contribution in [2.45, 2.75) is 39.0 Å². The van der Waals surface area contributed by atoms with E-state index >= 15 is 0 Å². The Kier molecular flexibility index (Phi) is 11.9. The lowest BCUT2D eigenvalue weighted by Gasteiger charge is -2.34. The number of carbonyl (C=O) groups is 1. The molecule has 0 saturated carbocycles. The highest BCUT2D eigenvalue weighted by atomic mass is 35.5. The number of amides is 1. The molecule has 0 atom stereocenters. The minimum atomic E-state index is 0. The summed E-state index contributed by atoms with van der Waals surface area (Å²) in [4.78, 5) is 16.9. The first-order valence-electron chi connectivity index (χ1n) is 8.89. The van der Waals surface area contributed by atoms with Gasteiger partial charge in [0.2, 0.25) is 5.91 Å². The van der Waals surface area contributed by atoms with Crippen LogP contribution in [0.4, 0.5) is 5.69 Å². The summed E-state index contributed by atoms with van der Waals surface area (Å²) in [5.74, 6) is 0.977. The first-order valence-corrected chi connectivity index (χ1v) is 8.89. The Bertz CT molecular complexity index is 488. The van der Waals surface area contributed by atoms with E-state index in [0.717, 1.165) is 43.1 Å². The third-order valence-electron chi connectivity index (χ3n) is 4.77. The molecule has 2 rings (SSSR count). The van der Waals surface area contributed by atoms with Crippen molar-refractivity contribution in [3.05, 3.63) is 29.8 Å². The van der Waals surface area contributed by atoms with Crippen molar-refractivity contribution < 1.29 is 4.79 Å². The number of nitrogens with zero attached hydrogens (tertiary/aromatic N) is 2. The molecule has 1 aromatic carbocycles. The third-order valence-corrected chi connectivity index (χ3v) is 4.77. The summed E-state index contributed by atoms with van der Waals surface area (Å²) in [6.45, 7) is 6.39. The third kappa shape index (κ3) is 8.30. The molecule has 1 aromatic rings. The van der Waals surface area contributed by atoms with Crippen LogP contribution in [-0.2, 0) is 11.2 Å². The molecule has 0 spiro atoms. The zero-order valence-electron chi connectivity index (χ0n) is 15.4. The van der Waals surface area contributed by atoms with Crippen LogP contribution < -0.4 is 5.73 Å². The van der Waals surface area contributed by atoms with Gasteiger partial charge in [0, 0.05) is 25.3 Å². The van der Waals surface area contributed by atoms with Gasteiger partial charge in [0.05, 0.1) is 6.42 Å². The predicted molar refractivity (Wildman–Crippen MR) is 111 cm³/mol. The zero-order valence-corrected chi connectivity index (χ0v) is 17.1. The normalized spacial score (nSPS) is 14.8. The Hall–Kier alpha value is -0.970. The van der Waals surface area contributed by atoms with Crippen molar-refractivity contribution in [3.63, 3.8) is 0 Å². The number of nitrogens with two attached hydrogens (primary N) is 1. The molecule has 0 unspecified atom stereocenters. The van der Waals surface area contributed by atoms with Crippen molar-refractivity contribution in [2.24, 2.45) is 5.92 Å². The van der Waals surface area contributed by atoms with E-state index in [1.54, 1.807) is 0 Å². The lowest BCUT2D eigenvalue weighted by Crippen LogP contribution is -2.41. The standard InChI is InChI=1S/C19H31N3O.2ClH/c1-3-4-11-21(2)15-17-9-12-22(13-10-17)19(23)14-16-5-7-18(20)8-6-16;;/h5-8,17H,3-4,9-15,20H2,1-2H3;2*1H. The summed E-state index contributed by atoms with van der Waals surface area (Å²) in [5.41, 5.74) is 7.48. The van der Waals surface area contributed by atoms with Gasteiger partial charge in [0.25, 0.3) is 0 Å². The SMILES string of the molecule is CCCCN(C)CC1CCN(C(=O)Cc2ccc(N)cc2)CC1.Cl.Cl. The molecule has 1 saturated heterocycles. The Morgan fingerprint density at radius 1 is 1.20 bits per heavy atom. The van der Waals surface area contributed by atoms with Gasteiger partial charge in [0.15, 0.2) is 0 Å². The van der Waals surface area contributed by atoms with Crippen LogP contribution in [0.3, 0.4) is 0 Å². The predicted octanol–water partition coefficient (Wildman–Crippen LogP) is 3.63. The number of halogens is 2. The summed E-state index contributed by atoms with van der Waals surface area (Å²) >= 11 is 0. The minimum Gasteiger partial charge on any atom is -0.399 e. The molecule has 2 N–H and O–H groups in total. The number of nitrogen functional groups attached to an aromatic ring is 1. The van der Waals surface area contributed by atoms with Crippen LogP contribution in [0.15, 0.2) is 24.3 Å². The van der Waals surface area contributed by atoms with Crippen molar-refractivity contribution in [2.75, 3.05) is 39.0 Å². The Morgan fingerprint density at radius 3 is 2.36 bits per heavy atom. The second-order valence-electron chi connectivity index (χ2n) is 6.86. The second-order valence-corrected chi connectivity index (χ2v) is 6.86. The number of anilines is 1. The molecule has 0 radical (unpaired) electrons. The molecule has 0 bridgehead atoms. The van der Waals surface area contributed by atoms with Gasteiger partial charge in [0.1, 0.15) is 0 Å². The molecule has 4 nitrogen and oxygen atoms in total. The van der Waals surface area contributed by atoms with Crippen LogP contribution in [0, 0.1) is 5.92 Å². The number of rotatable bonds is 7. The Balaban J connectivity index is 0.00000288. The van der Waals surface area contributed by atoms with Gasteiger partial charge in [-0.1, -0.05) is 25.5 Å². The van der Waals surface area contributed by atoms with Crippen LogP contribution in [0.2, 0.25) is 0 Å². The quantitative estimate of drug-likeness (QED) is 0.724. The molecular formula is C19H33Cl2N3O. The summed E-state index contributed by atoms with van der Waals surface area (Å²) in [6.07, 6.45) is 5.27. The van der Waals surface area contributed by atoms with Crippen LogP contribution in [0.25, 0.3) is 0 Å². The summed E-state index contributed by atoms with van der Waals surface area (Å²) in [6, 6.07) is 7.62. The Morgan fingerprint density at radius 2 is 1.80 bits per heavy atom. The van der Waals surface area contributed by atoms with E-state index < -0.39 is 0 Å². The monoisotopic (exact) mass is 389 g/mol. The number of hydrogen-bond donors (Lipinski definition) is 1. The molecular weight excluding hydrogens is 357 g/mol. The lowest BCUT2D eigenvalue weighted by molar-refractivity contribution is -0.131. The van der Waals surface area contributed by atoms with Gasteiger partial charge in [-0.25, -0.2) is 0 Å². The molecule has 1 fully saturated rings. The molecule has 0 aromatic heterocycles. The van der Waals surface area contributed by atoms with Gasteiger partial charge in [-0.3, -0.25) is 4.79 Å². The maximum Gasteiger partial charge on any atom is 0.226 e. The first kappa shape index (κ1) is 24.0. The highest BCUT2D eigenvalue weighted by Gasteiger charge is 2.23. The van der Waals surface area contributed by atoms with E-state index in [9.17, 15) is 4.79 Å². The van der Waals surface area contributed by atoms with Crippen LogP contribution >= 0.6 is 24.8 Å². The van der Waals surface area contributed by atoms with Crippen LogP contribution in [0.5, 0.6) is 0 Å². The Labute approximate surface area is 164 Å². The zero-order chi connectivity index (χ0) is 16.7. The number of carbonyl (C=O) groups excluding carboxylic acids is 1. The highest BCUT2D eigenvalue weighted by molar-refractivity contribution is 5.85. The van der Waals surface area contributed by atoms with Crippen molar-refractivity contribution >= 4 is 36.4 Å². The van der Waals surface area contributed by atoms with Crippen molar-refractivity contribution in [1.29, 1.82) is 0 Å². The van der Waals surface area contributed by atoms with Gasteiger partial charge < -0.3 is 15.5 Å². The van der Waals surface area contributed by atoms with E-state index in [0.29, 0.717) is 6.42 Å². The second kappa shape index (κ2) is 12.4. The topological polar surface area (TPSA) is 49.6 Å². The molecule has 1 amide bonds. The number of benzene rings is 1. The van der Waals surface area contributed by atoms with E-state index in [1.165, 1.54) is 25.9 Å². The van der Waals surface area contributed by atoms with Crippen LogP contribution in [-0.4, -0.2) is 48.9 Å². The van der Waals surface area contributed by atoms with Gasteiger partial charge >= 0.3 is 0 Å². The molecule has 25 heavy (non-hydrogen) atoms. The molecule has 1 heterocycles. The highest BCUT2D eigenvalue weighted by Crippen LogP contribution is 2.19. The lowest BCUT2D eigenvalue weighted by atomic mass is 9.95. The van der Waals surface area contributed by atoms with E-state index in [1.807, 2.05) is 29.2 Å². The summed E-state index contributed by atoms with van der Waals surface area (Å²) in [5, 5.41) is 0. The fourth-order valence-electron chi connectivity index (χ4n) is 3.25. The van der Waals surface area contributed by atoms with Gasteiger partial charge in [-0.2, -0.15) is 0 Å². The maximum absolute atomic E-state index is 12.4. The molecule has 6 heteroatoms. The number of unbranched alkanes of at least 4 members (excludes halogenated alkanes) is 1. The van der Waals surface area contributed by atoms with Gasteiger partial charge in [-0.05, 0) is 56.5 Å². The molecule has 1 aliphatic rings. The van der Waals surface area contributed by atoms with Gasteiger partial charge in [-0.15, -0.1) is 24.8 Å². The fourth-order valence-corrected chi connectivity index (χ4v) is 3.25. The van der Waals surface area contributed by atoms with Crippen LogP contribution in [0.1, 0.15) is 38.2 Å². The molecule has 144 valence electrons.